The Hall–Kier alpha value is -3.39. The lowest BCUT2D eigenvalue weighted by molar-refractivity contribution is 0.0953. The Bertz CT molecular complexity index is 1100. The van der Waals surface area contributed by atoms with E-state index in [0.717, 1.165) is 36.4 Å². The van der Waals surface area contributed by atoms with Gasteiger partial charge in [0.2, 0.25) is 0 Å². The van der Waals surface area contributed by atoms with Crippen molar-refractivity contribution in [2.45, 2.75) is 17.7 Å². The van der Waals surface area contributed by atoms with E-state index in [1.807, 2.05) is 30.3 Å². The van der Waals surface area contributed by atoms with Crippen LogP contribution in [0.2, 0.25) is 0 Å². The predicted molar refractivity (Wildman–Crippen MR) is 117 cm³/mol. The molecule has 0 saturated heterocycles. The van der Waals surface area contributed by atoms with Crippen LogP contribution in [0.15, 0.2) is 83.8 Å². The van der Waals surface area contributed by atoms with E-state index in [9.17, 15) is 17.6 Å². The molecule has 0 saturated carbocycles. The molecule has 0 unspecified atom stereocenters. The zero-order valence-electron chi connectivity index (χ0n) is 16.8. The predicted octanol–water partition coefficient (Wildman–Crippen LogP) is 4.22. The fourth-order valence-electron chi connectivity index (χ4n) is 2.82. The number of unbranched alkanes of at least 4 members (excludes halogenated alkanes) is 1. The minimum absolute atomic E-state index is 0.0949. The summed E-state index contributed by atoms with van der Waals surface area (Å²) < 4.78 is 46.2. The first-order chi connectivity index (χ1) is 15.0. The molecule has 2 N–H and O–H groups in total. The van der Waals surface area contributed by atoms with Gasteiger partial charge in [0.05, 0.1) is 22.8 Å². The summed E-state index contributed by atoms with van der Waals surface area (Å²) in [6.45, 7) is 0.962. The smallest absolute Gasteiger partial charge is 0.261 e. The molecule has 0 aliphatic carbocycles. The van der Waals surface area contributed by atoms with Gasteiger partial charge in [-0.25, -0.2) is 12.8 Å². The van der Waals surface area contributed by atoms with E-state index in [0.29, 0.717) is 19.6 Å². The molecule has 0 fully saturated rings. The molecular formula is C23H23FN2O4S. The highest BCUT2D eigenvalue weighted by molar-refractivity contribution is 7.92. The van der Waals surface area contributed by atoms with Crippen LogP contribution >= 0.6 is 0 Å². The van der Waals surface area contributed by atoms with Crippen LogP contribution in [0.3, 0.4) is 0 Å². The molecule has 8 heteroatoms. The quantitative estimate of drug-likeness (QED) is 0.461. The summed E-state index contributed by atoms with van der Waals surface area (Å²) in [5, 5.41) is 2.79. The number of carbonyl (C=O) groups excluding carboxylic acids is 1. The molecule has 0 bridgehead atoms. The van der Waals surface area contributed by atoms with E-state index >= 15 is 0 Å². The van der Waals surface area contributed by atoms with Crippen molar-refractivity contribution in [2.24, 2.45) is 0 Å². The van der Waals surface area contributed by atoms with Gasteiger partial charge in [-0.3, -0.25) is 9.52 Å². The summed E-state index contributed by atoms with van der Waals surface area (Å²) in [4.78, 5) is 12.5. The maximum atomic E-state index is 13.1. The van der Waals surface area contributed by atoms with Crippen LogP contribution in [-0.4, -0.2) is 27.5 Å². The van der Waals surface area contributed by atoms with Gasteiger partial charge in [-0.1, -0.05) is 30.3 Å². The first kappa shape index (κ1) is 22.3. The summed E-state index contributed by atoms with van der Waals surface area (Å²) in [6, 6.07) is 20.3. The van der Waals surface area contributed by atoms with E-state index in [4.69, 9.17) is 4.74 Å². The second-order valence-electron chi connectivity index (χ2n) is 6.73. The van der Waals surface area contributed by atoms with Crippen LogP contribution in [0.1, 0.15) is 23.2 Å². The molecule has 3 rings (SSSR count). The molecule has 3 aromatic carbocycles. The first-order valence-electron chi connectivity index (χ1n) is 9.79. The zero-order chi connectivity index (χ0) is 22.1. The Morgan fingerprint density at radius 1 is 0.871 bits per heavy atom. The standard InChI is InChI=1S/C23H23FN2O4S/c24-18-12-14-20(15-13-18)31(28,29)26-22-11-5-4-10-21(22)23(27)25-16-6-7-17-30-19-8-2-1-3-9-19/h1-5,8-15,26H,6-7,16-17H2,(H,25,27). The van der Waals surface area contributed by atoms with Crippen molar-refractivity contribution < 1.29 is 22.3 Å². The number of halogens is 1. The molecule has 3 aromatic rings. The number of amides is 1. The van der Waals surface area contributed by atoms with E-state index in [2.05, 4.69) is 10.0 Å². The molecular weight excluding hydrogens is 419 g/mol. The number of anilines is 1. The lowest BCUT2D eigenvalue weighted by Crippen LogP contribution is -2.26. The van der Waals surface area contributed by atoms with E-state index in [-0.39, 0.29) is 22.1 Å². The number of carbonyl (C=O) groups is 1. The van der Waals surface area contributed by atoms with E-state index in [1.165, 1.54) is 12.1 Å². The molecule has 0 aromatic heterocycles. The van der Waals surface area contributed by atoms with Gasteiger partial charge in [-0.15, -0.1) is 0 Å². The number of sulfonamides is 1. The fourth-order valence-corrected chi connectivity index (χ4v) is 3.90. The van der Waals surface area contributed by atoms with E-state index in [1.54, 1.807) is 12.1 Å². The minimum Gasteiger partial charge on any atom is -0.494 e. The van der Waals surface area contributed by atoms with Crippen molar-refractivity contribution in [1.29, 1.82) is 0 Å². The Kier molecular flexibility index (Phi) is 7.61. The van der Waals surface area contributed by atoms with Gasteiger partial charge >= 0.3 is 0 Å². The Morgan fingerprint density at radius 3 is 2.29 bits per heavy atom. The van der Waals surface area contributed by atoms with Crippen molar-refractivity contribution in [3.05, 3.63) is 90.2 Å². The van der Waals surface area contributed by atoms with Crippen molar-refractivity contribution in [3.8, 4) is 5.75 Å². The van der Waals surface area contributed by atoms with Gasteiger partial charge in [-0.2, -0.15) is 0 Å². The Balaban J connectivity index is 1.53. The summed E-state index contributed by atoms with van der Waals surface area (Å²) in [7, 11) is -3.96. The third-order valence-corrected chi connectivity index (χ3v) is 5.79. The van der Waals surface area contributed by atoms with Crippen LogP contribution in [0.25, 0.3) is 0 Å². The summed E-state index contributed by atoms with van der Waals surface area (Å²) in [6.07, 6.45) is 1.47. The lowest BCUT2D eigenvalue weighted by atomic mass is 10.1. The highest BCUT2D eigenvalue weighted by Gasteiger charge is 2.18. The Labute approximate surface area is 181 Å². The van der Waals surface area contributed by atoms with Crippen molar-refractivity contribution in [1.82, 2.24) is 5.32 Å². The van der Waals surface area contributed by atoms with Gasteiger partial charge in [0.15, 0.2) is 0 Å². The first-order valence-corrected chi connectivity index (χ1v) is 11.3. The molecule has 0 heterocycles. The number of benzene rings is 3. The monoisotopic (exact) mass is 442 g/mol. The number of para-hydroxylation sites is 2. The highest BCUT2D eigenvalue weighted by Crippen LogP contribution is 2.20. The number of ether oxygens (including phenoxy) is 1. The fraction of sp³-hybridized carbons (Fsp3) is 0.174. The average molecular weight is 443 g/mol. The highest BCUT2D eigenvalue weighted by atomic mass is 32.2. The molecule has 0 aliphatic heterocycles. The lowest BCUT2D eigenvalue weighted by Gasteiger charge is -2.13. The van der Waals surface area contributed by atoms with Crippen LogP contribution in [0.4, 0.5) is 10.1 Å². The Morgan fingerprint density at radius 2 is 1.55 bits per heavy atom. The minimum atomic E-state index is -3.96. The number of rotatable bonds is 10. The van der Waals surface area contributed by atoms with Crippen LogP contribution in [0.5, 0.6) is 5.75 Å². The van der Waals surface area contributed by atoms with Gasteiger partial charge < -0.3 is 10.1 Å². The molecule has 6 nitrogen and oxygen atoms in total. The van der Waals surface area contributed by atoms with Gasteiger partial charge in [0, 0.05) is 6.54 Å². The third-order valence-electron chi connectivity index (χ3n) is 4.41. The van der Waals surface area contributed by atoms with Crippen LogP contribution < -0.4 is 14.8 Å². The van der Waals surface area contributed by atoms with Crippen LogP contribution in [0, 0.1) is 5.82 Å². The maximum Gasteiger partial charge on any atom is 0.261 e. The van der Waals surface area contributed by atoms with Gasteiger partial charge in [-0.05, 0) is 61.4 Å². The second kappa shape index (κ2) is 10.6. The topological polar surface area (TPSA) is 84.5 Å². The average Bonchev–Trinajstić information content (AvgIpc) is 2.77. The van der Waals surface area contributed by atoms with E-state index < -0.39 is 15.8 Å². The third kappa shape index (κ3) is 6.55. The van der Waals surface area contributed by atoms with Crippen molar-refractivity contribution in [3.63, 3.8) is 0 Å². The van der Waals surface area contributed by atoms with Crippen molar-refractivity contribution in [2.75, 3.05) is 17.9 Å². The second-order valence-corrected chi connectivity index (χ2v) is 8.41. The summed E-state index contributed by atoms with van der Waals surface area (Å²) in [5.41, 5.74) is 0.352. The van der Waals surface area contributed by atoms with Gasteiger partial charge in [0.25, 0.3) is 15.9 Å². The zero-order valence-corrected chi connectivity index (χ0v) is 17.6. The number of nitrogens with one attached hydrogen (secondary N) is 2. The van der Waals surface area contributed by atoms with Crippen molar-refractivity contribution >= 4 is 21.6 Å². The molecule has 0 aliphatic rings. The molecule has 162 valence electrons. The molecule has 0 atom stereocenters. The largest absolute Gasteiger partial charge is 0.494 e. The SMILES string of the molecule is O=C(NCCCCOc1ccccc1)c1ccccc1NS(=O)(=O)c1ccc(F)cc1. The number of hydrogen-bond acceptors (Lipinski definition) is 4. The molecule has 0 radical (unpaired) electrons. The van der Waals surface area contributed by atoms with Gasteiger partial charge in [0.1, 0.15) is 11.6 Å². The summed E-state index contributed by atoms with van der Waals surface area (Å²) in [5.74, 6) is -0.122. The summed E-state index contributed by atoms with van der Waals surface area (Å²) >= 11 is 0. The van der Waals surface area contributed by atoms with Crippen LogP contribution in [-0.2, 0) is 10.0 Å². The molecule has 31 heavy (non-hydrogen) atoms. The molecule has 0 spiro atoms. The number of hydrogen-bond donors (Lipinski definition) is 2. The maximum absolute atomic E-state index is 13.1. The normalized spacial score (nSPS) is 11.0. The molecule has 1 amide bonds.